The second kappa shape index (κ2) is 41.2. The molecule has 6 heterocycles. The van der Waals surface area contributed by atoms with E-state index in [4.69, 9.17) is 47.2 Å². The van der Waals surface area contributed by atoms with Crippen LogP contribution >= 0.6 is 23.2 Å². The molecular weight excluding hydrogens is 1500 g/mol. The number of benzene rings is 7. The van der Waals surface area contributed by atoms with Gasteiger partial charge in [-0.1, -0.05) is 148 Å². The van der Waals surface area contributed by atoms with E-state index in [0.717, 1.165) is 124 Å². The smallest absolute Gasteiger partial charge is 0.296 e. The summed E-state index contributed by atoms with van der Waals surface area (Å²) in [6.45, 7) is 16.8. The number of carbonyl (C=O) groups is 5. The quantitative estimate of drug-likeness (QED) is 0.0199. The number of H-pyrrole nitrogens is 1. The number of fused-ring (bicyclic) bond motifs is 5. The topological polar surface area (TPSA) is 234 Å². The molecule has 22 nitrogen and oxygen atoms in total. The predicted molar refractivity (Wildman–Crippen MR) is 462 cm³/mol. The number of carbonyl (C=O) groups excluding carboxylic acids is 5. The number of unbranched alkanes of at least 4 members (excludes halogenated alkanes) is 6. The molecule has 0 radical (unpaired) electrons. The molecule has 0 fully saturated rings. The average Bonchev–Trinajstić information content (AvgIpc) is 1.58. The molecular formula is C92H102Cl2N12O10. The highest BCUT2D eigenvalue weighted by Crippen LogP contribution is 2.38. The average molecular weight is 1610 g/mol. The van der Waals surface area contributed by atoms with Crippen LogP contribution in [0.1, 0.15) is 125 Å². The Morgan fingerprint density at radius 3 is 1.86 bits per heavy atom. The summed E-state index contributed by atoms with van der Waals surface area (Å²) in [5.74, 6) is 2.50. The van der Waals surface area contributed by atoms with Crippen LogP contribution in [-0.2, 0) is 45.6 Å². The van der Waals surface area contributed by atoms with E-state index in [2.05, 4.69) is 33.9 Å². The number of ether oxygens (including phenoxy) is 4. The zero-order valence-corrected chi connectivity index (χ0v) is 69.9. The number of aromatic amines is 1. The number of methoxy groups -OCH3 is 3. The second-order valence-corrected chi connectivity index (χ2v) is 29.0. The van der Waals surface area contributed by atoms with Crippen molar-refractivity contribution >= 4 is 96.7 Å². The summed E-state index contributed by atoms with van der Waals surface area (Å²) in [5, 5.41) is 12.6. The maximum Gasteiger partial charge on any atom is 0.296 e. The van der Waals surface area contributed by atoms with Gasteiger partial charge in [0.2, 0.25) is 17.7 Å². The number of likely N-dealkylation sites (N-methyl/N-ethyl adjacent to an activating group) is 2. The minimum Gasteiger partial charge on any atom is -0.497 e. The molecule has 0 bridgehead atoms. The standard InChI is InChI=1S/C27H34ClN3O2.C23H23NO4.C21H19ClN4O2.C21H26N4O2/c1-3-5-7-11-17-31(18-12-8-6-4-2)27(33)26(32)24-21-13-9-10-14-22(21)30-25(24)20-15-16-23(28)29-19-20;1-17(25)24(16-18-15-20(26-2)13-14-22(18)27-3)21-11-7-8-12-23(21)28-19-9-5-4-6-10-19;1-24(2)18(27)12-16-19-15-10-9-13(22)11-17(15)25(3)20(19)21(28)26(23-16)14-7-5-4-6-8-14;1-6-24(7-2)19(26)13-18-20(16-8-10-17(27-5)11-9-16)23-25-15(4)12-14(3)22-21(18)25/h9-10,13-16,19,30H,3-8,11-12,17-18H2,1-2H3;4-15H,16H2,1-3H3;4-11H,12H2,1-3H3;8-12H,6-7,13H2,1-5H3. The molecule has 13 aromatic rings. The minimum atomic E-state index is -0.469. The van der Waals surface area contributed by atoms with Crippen molar-refractivity contribution in [2.45, 2.75) is 119 Å². The van der Waals surface area contributed by atoms with Gasteiger partial charge in [0, 0.05) is 121 Å². The van der Waals surface area contributed by atoms with Gasteiger partial charge in [-0.2, -0.15) is 14.9 Å². The third kappa shape index (κ3) is 21.1. The maximum atomic E-state index is 13.6. The molecule has 4 amide bonds. The first-order valence-corrected chi connectivity index (χ1v) is 39.9. The van der Waals surface area contributed by atoms with Crippen molar-refractivity contribution in [3.05, 3.63) is 249 Å². The third-order valence-electron chi connectivity index (χ3n) is 20.0. The van der Waals surface area contributed by atoms with E-state index in [9.17, 15) is 28.8 Å². The van der Waals surface area contributed by atoms with E-state index < -0.39 is 11.7 Å². The van der Waals surface area contributed by atoms with Crippen molar-refractivity contribution in [2.75, 3.05) is 66.5 Å². The Hall–Kier alpha value is -12.1. The summed E-state index contributed by atoms with van der Waals surface area (Å²) in [6, 6.07) is 58.0. The lowest BCUT2D eigenvalue weighted by molar-refractivity contribution is -0.130. The zero-order valence-electron chi connectivity index (χ0n) is 68.3. The number of Topliss-reactive ketones (excluding diaryl/α,β-unsaturated/α-hetero) is 1. The fraction of sp³-hybridized carbons (Fsp3) is 0.304. The molecule has 0 unspecified atom stereocenters. The fourth-order valence-corrected chi connectivity index (χ4v) is 14.1. The molecule has 0 aliphatic heterocycles. The van der Waals surface area contributed by atoms with Gasteiger partial charge in [0.15, 0.2) is 11.4 Å². The number of rotatable bonds is 29. The number of nitrogens with one attached hydrogen (secondary N) is 1. The summed E-state index contributed by atoms with van der Waals surface area (Å²) in [4.78, 5) is 97.2. The number of hydrogen-bond donors (Lipinski definition) is 1. The fourth-order valence-electron chi connectivity index (χ4n) is 13.9. The van der Waals surface area contributed by atoms with Crippen molar-refractivity contribution in [3.8, 4) is 56.9 Å². The molecule has 0 aliphatic carbocycles. The Balaban J connectivity index is 0.000000164. The predicted octanol–water partition coefficient (Wildman–Crippen LogP) is 18.7. The minimum absolute atomic E-state index is 0.0852. The van der Waals surface area contributed by atoms with Crippen LogP contribution in [0.15, 0.2) is 199 Å². The molecule has 0 atom stereocenters. The van der Waals surface area contributed by atoms with Crippen LogP contribution in [0.2, 0.25) is 10.2 Å². The van der Waals surface area contributed by atoms with Gasteiger partial charge >= 0.3 is 0 Å². The number of amides is 4. The monoisotopic (exact) mass is 1600 g/mol. The van der Waals surface area contributed by atoms with Gasteiger partial charge in [0.1, 0.15) is 33.7 Å². The Morgan fingerprint density at radius 1 is 0.595 bits per heavy atom. The van der Waals surface area contributed by atoms with Gasteiger partial charge in [0.25, 0.3) is 17.2 Å². The molecule has 604 valence electrons. The van der Waals surface area contributed by atoms with Gasteiger partial charge < -0.3 is 48.1 Å². The van der Waals surface area contributed by atoms with Crippen LogP contribution < -0.4 is 29.4 Å². The van der Waals surface area contributed by atoms with Gasteiger partial charge in [0.05, 0.1) is 80.3 Å². The van der Waals surface area contributed by atoms with Crippen LogP contribution in [0.4, 0.5) is 5.69 Å². The highest BCUT2D eigenvalue weighted by Gasteiger charge is 2.30. The Morgan fingerprint density at radius 2 is 1.23 bits per heavy atom. The lowest BCUT2D eigenvalue weighted by atomic mass is 10.0. The number of pyridine rings is 1. The van der Waals surface area contributed by atoms with E-state index in [0.29, 0.717) is 105 Å². The number of anilines is 1. The van der Waals surface area contributed by atoms with Gasteiger partial charge in [-0.3, -0.25) is 28.8 Å². The largest absolute Gasteiger partial charge is 0.497 e. The molecule has 24 heteroatoms. The van der Waals surface area contributed by atoms with Crippen LogP contribution in [0, 0.1) is 13.8 Å². The third-order valence-corrected chi connectivity index (χ3v) is 20.5. The van der Waals surface area contributed by atoms with Crippen LogP contribution in [0.5, 0.6) is 28.7 Å². The van der Waals surface area contributed by atoms with Gasteiger partial charge in [-0.05, 0) is 156 Å². The van der Waals surface area contributed by atoms with Crippen molar-refractivity contribution in [2.24, 2.45) is 7.05 Å². The van der Waals surface area contributed by atoms with E-state index in [1.165, 1.54) is 16.5 Å². The highest BCUT2D eigenvalue weighted by atomic mass is 35.5. The van der Waals surface area contributed by atoms with Crippen molar-refractivity contribution in [1.29, 1.82) is 0 Å². The lowest BCUT2D eigenvalue weighted by Crippen LogP contribution is -2.38. The number of halogens is 2. The van der Waals surface area contributed by atoms with Crippen LogP contribution in [0.25, 0.3) is 66.6 Å². The number of hydrogen-bond acceptors (Lipinski definition) is 14. The highest BCUT2D eigenvalue weighted by molar-refractivity contribution is 6.46. The van der Waals surface area contributed by atoms with Crippen LogP contribution in [0.3, 0.4) is 0 Å². The number of para-hydroxylation sites is 5. The Bertz CT molecular complexity index is 5590. The summed E-state index contributed by atoms with van der Waals surface area (Å²) < 4.78 is 27.1. The number of ketones is 1. The van der Waals surface area contributed by atoms with Crippen LogP contribution in [-0.4, -0.2) is 145 Å². The van der Waals surface area contributed by atoms with Gasteiger partial charge in [-0.15, -0.1) is 0 Å². The number of aryl methyl sites for hydroxylation is 3. The first kappa shape index (κ1) is 86.3. The first-order valence-electron chi connectivity index (χ1n) is 39.2. The number of nitrogens with zero attached hydrogens (tertiary/aromatic N) is 11. The maximum absolute atomic E-state index is 13.6. The summed E-state index contributed by atoms with van der Waals surface area (Å²) in [7, 11) is 10.1. The van der Waals surface area contributed by atoms with E-state index in [-0.39, 0.29) is 36.1 Å². The second-order valence-electron chi connectivity index (χ2n) is 28.2. The molecule has 7 aromatic carbocycles. The molecule has 0 aliphatic rings. The molecule has 0 saturated carbocycles. The van der Waals surface area contributed by atoms with E-state index in [1.54, 1.807) is 63.6 Å². The summed E-state index contributed by atoms with van der Waals surface area (Å²) in [5.41, 5.74) is 11.6. The summed E-state index contributed by atoms with van der Waals surface area (Å²) in [6.07, 6.45) is 10.5. The SMILES string of the molecule is CCCCCCN(CCCCCC)C(=O)C(=O)c1c(-c2ccc(Cl)nc2)[nH]c2ccccc12.CCN(CC)C(=O)Cc1c(-c2ccc(OC)cc2)nn2c(C)cc(C)nc12.CN(C)C(=O)Cc1nn(-c2ccccc2)c(=O)c2c1c1ccc(Cl)cc1n2C.COc1ccc(OC)c(CN(C(C)=O)c2ccccc2Oc2ccccc2)c1. The molecule has 1 N–H and O–H groups in total. The summed E-state index contributed by atoms with van der Waals surface area (Å²) >= 11 is 12.1. The van der Waals surface area contributed by atoms with E-state index in [1.807, 2.05) is 225 Å². The normalized spacial score (nSPS) is 10.9. The van der Waals surface area contributed by atoms with Crippen molar-refractivity contribution in [3.63, 3.8) is 0 Å². The Labute approximate surface area is 687 Å². The lowest BCUT2D eigenvalue weighted by Gasteiger charge is -2.25. The molecule has 13 rings (SSSR count). The first-order chi connectivity index (χ1) is 56.0. The van der Waals surface area contributed by atoms with Gasteiger partial charge in [-0.25, -0.2) is 14.5 Å². The number of aromatic nitrogens is 8. The zero-order chi connectivity index (χ0) is 83.1. The van der Waals surface area contributed by atoms with E-state index >= 15 is 0 Å². The van der Waals surface area contributed by atoms with Crippen molar-refractivity contribution in [1.82, 2.24) is 53.6 Å². The molecule has 0 saturated heterocycles. The molecule has 116 heavy (non-hydrogen) atoms. The molecule has 0 spiro atoms. The Kier molecular flexibility index (Phi) is 30.7. The molecule has 6 aromatic heterocycles. The van der Waals surface area contributed by atoms with Crippen molar-refractivity contribution < 1.29 is 42.9 Å².